The Morgan fingerprint density at radius 1 is 1.19 bits per heavy atom. The average molecular weight is 395 g/mol. The molecule has 6 heteroatoms. The zero-order chi connectivity index (χ0) is 21.0. The van der Waals surface area contributed by atoms with Crippen LogP contribution in [0.1, 0.15) is 86.5 Å². The first-order chi connectivity index (χ1) is 12.3. The number of carboxylic acid groups (broad SMARTS) is 1. The molecule has 0 saturated carbocycles. The monoisotopic (exact) mass is 394 g/mol. The third-order valence-electron chi connectivity index (χ3n) is 3.89. The number of unbranched alkanes of at least 4 members (excludes halogenated alkanes) is 3. The van der Waals surface area contributed by atoms with Gasteiger partial charge in [-0.15, -0.1) is 3.89 Å². The van der Waals surface area contributed by atoms with Gasteiger partial charge in [-0.25, -0.2) is 0 Å². The maximum Gasteiger partial charge on any atom is 0.306 e. The maximum atomic E-state index is 11.5. The summed E-state index contributed by atoms with van der Waals surface area (Å²) in [6, 6.07) is 0. The van der Waals surface area contributed by atoms with Crippen LogP contribution in [0.3, 0.4) is 0 Å². The van der Waals surface area contributed by atoms with Crippen molar-refractivity contribution in [2.75, 3.05) is 6.61 Å². The van der Waals surface area contributed by atoms with E-state index in [1.54, 1.807) is 13.8 Å². The topological polar surface area (TPSA) is 63.6 Å². The lowest BCUT2D eigenvalue weighted by Crippen LogP contribution is -2.20. The van der Waals surface area contributed by atoms with Gasteiger partial charge in [0.1, 0.15) is 6.29 Å². The van der Waals surface area contributed by atoms with E-state index < -0.39 is 11.4 Å². The van der Waals surface area contributed by atoms with Gasteiger partial charge in [0.25, 0.3) is 0 Å². The molecule has 0 amide bonds. The summed E-state index contributed by atoms with van der Waals surface area (Å²) >= 11 is -0.201. The van der Waals surface area contributed by atoms with Crippen molar-refractivity contribution >= 4 is 24.7 Å². The number of rotatable bonds is 13. The molecular formula is C20H39FO4S. The minimum Gasteiger partial charge on any atom is -0.481 e. The largest absolute Gasteiger partial charge is 0.481 e. The SMILES string of the molecule is C=C(C=O)C(C)(C)COSF.CC.CCCCCC(CCCC)C(=O)O. The smallest absolute Gasteiger partial charge is 0.306 e. The molecule has 0 aliphatic heterocycles. The van der Waals surface area contributed by atoms with Gasteiger partial charge >= 0.3 is 5.97 Å². The fourth-order valence-corrected chi connectivity index (χ4v) is 2.24. The van der Waals surface area contributed by atoms with E-state index in [1.807, 2.05) is 13.8 Å². The number of carboxylic acids is 1. The summed E-state index contributed by atoms with van der Waals surface area (Å²) in [5.74, 6) is -0.698. The first-order valence-corrected chi connectivity index (χ1v) is 10.2. The van der Waals surface area contributed by atoms with Gasteiger partial charge in [0, 0.05) is 5.41 Å². The molecule has 0 heterocycles. The minimum absolute atomic E-state index is 0.0912. The Hall–Kier alpha value is -0.880. The molecule has 0 rings (SSSR count). The van der Waals surface area contributed by atoms with Gasteiger partial charge in [0.05, 0.1) is 12.5 Å². The van der Waals surface area contributed by atoms with Crippen LogP contribution in [0.5, 0.6) is 0 Å². The van der Waals surface area contributed by atoms with Crippen LogP contribution < -0.4 is 0 Å². The van der Waals surface area contributed by atoms with Gasteiger partial charge in [0.15, 0.2) is 0 Å². The Morgan fingerprint density at radius 3 is 2.08 bits per heavy atom. The summed E-state index contributed by atoms with van der Waals surface area (Å²) in [6.07, 6.45) is 7.92. The van der Waals surface area contributed by atoms with Crippen molar-refractivity contribution in [3.63, 3.8) is 0 Å². The van der Waals surface area contributed by atoms with Gasteiger partial charge in [-0.1, -0.05) is 80.2 Å². The van der Waals surface area contributed by atoms with E-state index in [0.717, 1.165) is 38.5 Å². The normalized spacial score (nSPS) is 11.3. The lowest BCUT2D eigenvalue weighted by atomic mass is 9.87. The fraction of sp³-hybridized carbons (Fsp3) is 0.800. The molecule has 0 aromatic rings. The number of halogens is 1. The third kappa shape index (κ3) is 17.9. The highest BCUT2D eigenvalue weighted by Crippen LogP contribution is 2.25. The molecule has 0 aliphatic rings. The number of aldehydes is 1. The number of carbonyl (C=O) groups excluding carboxylic acids is 1. The van der Waals surface area contributed by atoms with E-state index in [9.17, 15) is 13.5 Å². The number of aliphatic carboxylic acids is 1. The van der Waals surface area contributed by atoms with E-state index in [4.69, 9.17) is 5.11 Å². The van der Waals surface area contributed by atoms with Crippen molar-refractivity contribution in [1.82, 2.24) is 0 Å². The van der Waals surface area contributed by atoms with Crippen molar-refractivity contribution in [1.29, 1.82) is 0 Å². The molecule has 26 heavy (non-hydrogen) atoms. The highest BCUT2D eigenvalue weighted by molar-refractivity contribution is 7.89. The van der Waals surface area contributed by atoms with E-state index in [0.29, 0.717) is 11.9 Å². The second-order valence-corrected chi connectivity index (χ2v) is 6.89. The first kappa shape index (κ1) is 29.9. The van der Waals surface area contributed by atoms with Crippen LogP contribution in [-0.2, 0) is 13.8 Å². The van der Waals surface area contributed by atoms with Crippen LogP contribution >= 0.6 is 12.4 Å². The summed E-state index contributed by atoms with van der Waals surface area (Å²) in [5, 5.41) is 8.90. The number of carbonyl (C=O) groups is 2. The molecule has 0 aromatic carbocycles. The Kier molecular flexibility index (Phi) is 23.5. The molecule has 0 bridgehead atoms. The van der Waals surface area contributed by atoms with Crippen molar-refractivity contribution in [2.24, 2.45) is 11.3 Å². The van der Waals surface area contributed by atoms with Crippen LogP contribution in [-0.4, -0.2) is 24.0 Å². The molecule has 1 N–H and O–H groups in total. The van der Waals surface area contributed by atoms with Gasteiger partial charge in [-0.05, 0) is 18.4 Å². The van der Waals surface area contributed by atoms with E-state index in [1.165, 1.54) is 6.42 Å². The second-order valence-electron chi connectivity index (χ2n) is 6.53. The predicted molar refractivity (Wildman–Crippen MR) is 110 cm³/mol. The number of hydrogen-bond donors (Lipinski definition) is 1. The van der Waals surface area contributed by atoms with Crippen LogP contribution in [0, 0.1) is 11.3 Å². The lowest BCUT2D eigenvalue weighted by molar-refractivity contribution is -0.142. The molecule has 156 valence electrons. The van der Waals surface area contributed by atoms with Crippen LogP contribution in [0.25, 0.3) is 0 Å². The predicted octanol–water partition coefficient (Wildman–Crippen LogP) is 6.80. The maximum absolute atomic E-state index is 11.5. The number of hydrogen-bond acceptors (Lipinski definition) is 4. The quantitative estimate of drug-likeness (QED) is 0.161. The molecule has 0 aliphatic carbocycles. The van der Waals surface area contributed by atoms with Gasteiger partial charge < -0.3 is 5.11 Å². The van der Waals surface area contributed by atoms with Gasteiger partial charge in [0.2, 0.25) is 12.4 Å². The van der Waals surface area contributed by atoms with Crippen LogP contribution in [0.4, 0.5) is 3.89 Å². The molecule has 1 unspecified atom stereocenters. The Labute approximate surface area is 164 Å². The van der Waals surface area contributed by atoms with Crippen molar-refractivity contribution in [3.8, 4) is 0 Å². The van der Waals surface area contributed by atoms with Gasteiger partial charge in [-0.3, -0.25) is 13.8 Å². The highest BCUT2D eigenvalue weighted by atomic mass is 32.2. The average Bonchev–Trinajstić information content (AvgIpc) is 2.64. The fourth-order valence-electron chi connectivity index (χ4n) is 1.90. The third-order valence-corrected chi connectivity index (χ3v) is 4.09. The van der Waals surface area contributed by atoms with E-state index >= 15 is 0 Å². The zero-order valence-electron chi connectivity index (χ0n) is 17.5. The standard InChI is InChI=1S/C11H22O2.C7H11FO2S.C2H6/c1-3-5-7-9-10(11(12)13)8-6-4-2;1-6(4-9)7(2,3)5-10-11-8;1-2/h10H,3-9H2,1-2H3,(H,12,13);4H,1,5H2,2-3H3;1-2H3. The molecule has 1 atom stereocenters. The Bertz CT molecular complexity index is 360. The molecule has 4 nitrogen and oxygen atoms in total. The molecule has 0 fully saturated rings. The molecule has 0 radical (unpaired) electrons. The Balaban J connectivity index is -0.000000375. The van der Waals surface area contributed by atoms with Gasteiger partial charge in [-0.2, -0.15) is 0 Å². The summed E-state index contributed by atoms with van der Waals surface area (Å²) in [4.78, 5) is 21.1. The minimum atomic E-state index is -0.607. The first-order valence-electron chi connectivity index (χ1n) is 9.54. The van der Waals surface area contributed by atoms with Crippen LogP contribution in [0.15, 0.2) is 12.2 Å². The molecule has 0 saturated heterocycles. The summed E-state index contributed by atoms with van der Waals surface area (Å²) in [5.41, 5.74) is -0.0764. The van der Waals surface area contributed by atoms with Crippen molar-refractivity contribution < 1.29 is 22.8 Å². The van der Waals surface area contributed by atoms with Crippen LogP contribution in [0.2, 0.25) is 0 Å². The summed E-state index contributed by atoms with van der Waals surface area (Å²) < 4.78 is 15.9. The second kappa shape index (κ2) is 20.4. The Morgan fingerprint density at radius 2 is 1.69 bits per heavy atom. The zero-order valence-corrected chi connectivity index (χ0v) is 18.3. The van der Waals surface area contributed by atoms with E-state index in [-0.39, 0.29) is 25.0 Å². The molecule has 0 spiro atoms. The molecular weight excluding hydrogens is 355 g/mol. The van der Waals surface area contributed by atoms with Crippen molar-refractivity contribution in [3.05, 3.63) is 12.2 Å². The lowest BCUT2D eigenvalue weighted by Gasteiger charge is -2.21. The van der Waals surface area contributed by atoms with E-state index in [2.05, 4.69) is 24.6 Å². The van der Waals surface area contributed by atoms with Crippen molar-refractivity contribution in [2.45, 2.75) is 86.5 Å². The highest BCUT2D eigenvalue weighted by Gasteiger charge is 2.22. The summed E-state index contributed by atoms with van der Waals surface area (Å²) in [6.45, 7) is 15.4. The molecule has 0 aromatic heterocycles. The summed E-state index contributed by atoms with van der Waals surface area (Å²) in [7, 11) is 0.